The molecule has 0 aromatic carbocycles. The maximum Gasteiger partial charge on any atom is 0.293 e. The van der Waals surface area contributed by atoms with Gasteiger partial charge in [-0.1, -0.05) is 19.0 Å². The standard InChI is InChI=1S/C11H13N3O3/c1-11(2,10(12)15)6-8-13-9(17-14-8)7-4-3-5-16-7/h3-5H,6H2,1-2H3,(H2,12,15). The monoisotopic (exact) mass is 235 g/mol. The molecule has 2 N–H and O–H groups in total. The van der Waals surface area contributed by atoms with Crippen molar-refractivity contribution in [2.45, 2.75) is 20.3 Å². The van der Waals surface area contributed by atoms with Crippen molar-refractivity contribution in [2.24, 2.45) is 11.1 Å². The quantitative estimate of drug-likeness (QED) is 0.863. The van der Waals surface area contributed by atoms with Gasteiger partial charge in [0, 0.05) is 6.42 Å². The highest BCUT2D eigenvalue weighted by molar-refractivity contribution is 5.80. The summed E-state index contributed by atoms with van der Waals surface area (Å²) in [6.45, 7) is 3.47. The van der Waals surface area contributed by atoms with E-state index in [-0.39, 0.29) is 0 Å². The van der Waals surface area contributed by atoms with Crippen LogP contribution >= 0.6 is 0 Å². The van der Waals surface area contributed by atoms with Crippen LogP contribution in [0.5, 0.6) is 0 Å². The van der Waals surface area contributed by atoms with Crippen molar-refractivity contribution in [1.29, 1.82) is 0 Å². The minimum absolute atomic E-state index is 0.297. The Morgan fingerprint density at radius 1 is 1.53 bits per heavy atom. The van der Waals surface area contributed by atoms with E-state index in [2.05, 4.69) is 10.1 Å². The molecular formula is C11H13N3O3. The van der Waals surface area contributed by atoms with E-state index in [1.807, 2.05) is 0 Å². The lowest BCUT2D eigenvalue weighted by atomic mass is 9.88. The zero-order valence-electron chi connectivity index (χ0n) is 9.64. The van der Waals surface area contributed by atoms with Gasteiger partial charge < -0.3 is 14.7 Å². The van der Waals surface area contributed by atoms with Crippen molar-refractivity contribution >= 4 is 5.91 Å². The van der Waals surface area contributed by atoms with Gasteiger partial charge in [-0.3, -0.25) is 4.79 Å². The Bertz CT molecular complexity index is 514. The van der Waals surface area contributed by atoms with Crippen molar-refractivity contribution in [3.8, 4) is 11.7 Å². The van der Waals surface area contributed by atoms with Crippen molar-refractivity contribution in [3.63, 3.8) is 0 Å². The number of nitrogens with two attached hydrogens (primary N) is 1. The first-order valence-electron chi connectivity index (χ1n) is 5.15. The first kappa shape index (κ1) is 11.4. The highest BCUT2D eigenvalue weighted by Crippen LogP contribution is 2.22. The van der Waals surface area contributed by atoms with E-state index < -0.39 is 11.3 Å². The third kappa shape index (κ3) is 2.35. The van der Waals surface area contributed by atoms with Gasteiger partial charge in [0.05, 0.1) is 11.7 Å². The summed E-state index contributed by atoms with van der Waals surface area (Å²) in [6.07, 6.45) is 1.85. The first-order valence-corrected chi connectivity index (χ1v) is 5.15. The molecule has 17 heavy (non-hydrogen) atoms. The fourth-order valence-electron chi connectivity index (χ4n) is 1.31. The summed E-state index contributed by atoms with van der Waals surface area (Å²) in [4.78, 5) is 15.3. The maximum atomic E-state index is 11.2. The SMILES string of the molecule is CC(C)(Cc1noc(-c2ccco2)n1)C(N)=O. The molecule has 0 saturated heterocycles. The van der Waals surface area contributed by atoms with E-state index in [0.717, 1.165) is 0 Å². The van der Waals surface area contributed by atoms with Crippen LogP contribution in [-0.4, -0.2) is 16.0 Å². The van der Waals surface area contributed by atoms with E-state index in [9.17, 15) is 4.79 Å². The fourth-order valence-corrected chi connectivity index (χ4v) is 1.31. The first-order chi connectivity index (χ1) is 7.99. The minimum atomic E-state index is -0.704. The van der Waals surface area contributed by atoms with Gasteiger partial charge in [-0.05, 0) is 12.1 Å². The van der Waals surface area contributed by atoms with Crippen molar-refractivity contribution in [1.82, 2.24) is 10.1 Å². The van der Waals surface area contributed by atoms with Gasteiger partial charge in [-0.2, -0.15) is 4.98 Å². The molecule has 0 spiro atoms. The second-order valence-electron chi connectivity index (χ2n) is 4.42. The number of carbonyl (C=O) groups excluding carboxylic acids is 1. The summed E-state index contributed by atoms with van der Waals surface area (Å²) < 4.78 is 10.2. The molecule has 0 aliphatic heterocycles. The van der Waals surface area contributed by atoms with Crippen LogP contribution in [0.2, 0.25) is 0 Å². The van der Waals surface area contributed by atoms with Crippen LogP contribution in [0.4, 0.5) is 0 Å². The molecule has 0 saturated carbocycles. The number of hydrogen-bond acceptors (Lipinski definition) is 5. The van der Waals surface area contributed by atoms with E-state index in [1.54, 1.807) is 26.0 Å². The van der Waals surface area contributed by atoms with Crippen LogP contribution in [0.15, 0.2) is 27.3 Å². The van der Waals surface area contributed by atoms with Gasteiger partial charge >= 0.3 is 0 Å². The van der Waals surface area contributed by atoms with Gasteiger partial charge in [-0.15, -0.1) is 0 Å². The Kier molecular flexibility index (Phi) is 2.71. The molecule has 1 amide bonds. The van der Waals surface area contributed by atoms with E-state index in [1.165, 1.54) is 6.26 Å². The fraction of sp³-hybridized carbons (Fsp3) is 0.364. The molecule has 2 aromatic heterocycles. The number of carbonyl (C=O) groups is 1. The summed E-state index contributed by atoms with van der Waals surface area (Å²) in [5.74, 6) is 0.827. The minimum Gasteiger partial charge on any atom is -0.459 e. The Labute approximate surface area is 97.8 Å². The normalized spacial score (nSPS) is 11.6. The summed E-state index contributed by atoms with van der Waals surface area (Å²) in [6, 6.07) is 3.45. The molecule has 0 radical (unpaired) electrons. The topological polar surface area (TPSA) is 95.2 Å². The number of hydrogen-bond donors (Lipinski definition) is 1. The zero-order valence-corrected chi connectivity index (χ0v) is 9.64. The molecule has 90 valence electrons. The van der Waals surface area contributed by atoms with Crippen LogP contribution in [0.1, 0.15) is 19.7 Å². The third-order valence-electron chi connectivity index (χ3n) is 2.47. The zero-order chi connectivity index (χ0) is 12.5. The Hall–Kier alpha value is -2.11. The van der Waals surface area contributed by atoms with Crippen molar-refractivity contribution in [2.75, 3.05) is 0 Å². The Morgan fingerprint density at radius 3 is 2.88 bits per heavy atom. The largest absolute Gasteiger partial charge is 0.459 e. The average molecular weight is 235 g/mol. The molecule has 0 atom stereocenters. The number of rotatable bonds is 4. The van der Waals surface area contributed by atoms with E-state index in [0.29, 0.717) is 23.9 Å². The molecule has 0 unspecified atom stereocenters. The molecule has 6 heteroatoms. The number of amides is 1. The Morgan fingerprint density at radius 2 is 2.29 bits per heavy atom. The predicted molar refractivity (Wildman–Crippen MR) is 58.7 cm³/mol. The molecule has 2 rings (SSSR count). The van der Waals surface area contributed by atoms with E-state index in [4.69, 9.17) is 14.7 Å². The van der Waals surface area contributed by atoms with Gasteiger partial charge in [-0.25, -0.2) is 0 Å². The second kappa shape index (κ2) is 4.04. The predicted octanol–water partition coefficient (Wildman–Crippen LogP) is 1.38. The molecule has 0 fully saturated rings. The van der Waals surface area contributed by atoms with Crippen molar-refractivity contribution in [3.05, 3.63) is 24.2 Å². The molecular weight excluding hydrogens is 222 g/mol. The second-order valence-corrected chi connectivity index (χ2v) is 4.42. The van der Waals surface area contributed by atoms with Crippen LogP contribution in [0, 0.1) is 5.41 Å². The summed E-state index contributed by atoms with van der Waals surface area (Å²) in [5, 5.41) is 3.79. The summed E-state index contributed by atoms with van der Waals surface area (Å²) in [7, 11) is 0. The maximum absolute atomic E-state index is 11.2. The van der Waals surface area contributed by atoms with Gasteiger partial charge in [0.2, 0.25) is 5.91 Å². The molecule has 0 aliphatic carbocycles. The number of nitrogens with zero attached hydrogens (tertiary/aromatic N) is 2. The lowest BCUT2D eigenvalue weighted by Gasteiger charge is -2.17. The highest BCUT2D eigenvalue weighted by Gasteiger charge is 2.28. The number of furan rings is 1. The summed E-state index contributed by atoms with van der Waals surface area (Å²) >= 11 is 0. The lowest BCUT2D eigenvalue weighted by Crippen LogP contribution is -2.33. The van der Waals surface area contributed by atoms with E-state index >= 15 is 0 Å². The number of primary amides is 1. The molecule has 6 nitrogen and oxygen atoms in total. The van der Waals surface area contributed by atoms with Crippen LogP contribution < -0.4 is 5.73 Å². The van der Waals surface area contributed by atoms with Crippen LogP contribution in [0.25, 0.3) is 11.7 Å². The summed E-state index contributed by atoms with van der Waals surface area (Å²) in [5.41, 5.74) is 4.57. The molecule has 2 heterocycles. The average Bonchev–Trinajstić information content (AvgIpc) is 2.85. The van der Waals surface area contributed by atoms with Gasteiger partial charge in [0.25, 0.3) is 5.89 Å². The van der Waals surface area contributed by atoms with Crippen LogP contribution in [0.3, 0.4) is 0 Å². The molecule has 2 aromatic rings. The van der Waals surface area contributed by atoms with Crippen molar-refractivity contribution < 1.29 is 13.7 Å². The highest BCUT2D eigenvalue weighted by atomic mass is 16.5. The van der Waals surface area contributed by atoms with Gasteiger partial charge in [0.15, 0.2) is 11.6 Å². The lowest BCUT2D eigenvalue weighted by molar-refractivity contribution is -0.126. The number of aromatic nitrogens is 2. The molecule has 0 bridgehead atoms. The van der Waals surface area contributed by atoms with Gasteiger partial charge in [0.1, 0.15) is 0 Å². The molecule has 0 aliphatic rings. The van der Waals surface area contributed by atoms with Crippen LogP contribution in [-0.2, 0) is 11.2 Å². The smallest absolute Gasteiger partial charge is 0.293 e. The third-order valence-corrected chi connectivity index (χ3v) is 2.47. The Balaban J connectivity index is 2.17.